The third kappa shape index (κ3) is 1.61. The molecule has 0 N–H and O–H groups in total. The molecule has 1 saturated heterocycles. The molecule has 0 spiro atoms. The van der Waals surface area contributed by atoms with E-state index in [1.54, 1.807) is 0 Å². The normalized spacial score (nSPS) is 24.2. The predicted octanol–water partition coefficient (Wildman–Crippen LogP) is 0.598. The Balaban J connectivity index is 2.52. The molecule has 1 aliphatic rings. The van der Waals surface area contributed by atoms with Crippen LogP contribution in [0.1, 0.15) is 6.92 Å². The van der Waals surface area contributed by atoms with Gasteiger partial charge in [0.05, 0.1) is 12.0 Å². The molecular weight excluding hydrogens is 144 g/mol. The first-order chi connectivity index (χ1) is 5.27. The summed E-state index contributed by atoms with van der Waals surface area (Å²) in [5.41, 5.74) is 0. The van der Waals surface area contributed by atoms with Crippen molar-refractivity contribution in [3.8, 4) is 6.07 Å². The molecule has 1 aliphatic heterocycles. The zero-order valence-corrected chi connectivity index (χ0v) is 6.41. The van der Waals surface area contributed by atoms with E-state index in [4.69, 9.17) is 10.00 Å². The molecular formula is C7H10N2O2. The Hall–Kier alpha value is -1.24. The fourth-order valence-electron chi connectivity index (χ4n) is 0.993. The Morgan fingerprint density at radius 1 is 1.91 bits per heavy atom. The van der Waals surface area contributed by atoms with Crippen molar-refractivity contribution in [2.75, 3.05) is 19.7 Å². The minimum atomic E-state index is -0.306. The second-order valence-corrected chi connectivity index (χ2v) is 2.44. The summed E-state index contributed by atoms with van der Waals surface area (Å²) in [6.07, 6.45) is -0.306. The molecule has 0 aromatic carbocycles. The number of amides is 1. The van der Waals surface area contributed by atoms with E-state index in [1.165, 1.54) is 4.90 Å². The van der Waals surface area contributed by atoms with Crippen molar-refractivity contribution in [3.05, 3.63) is 0 Å². The number of cyclic esters (lactones) is 1. The van der Waals surface area contributed by atoms with Gasteiger partial charge in [-0.15, -0.1) is 0 Å². The molecule has 1 atom stereocenters. The van der Waals surface area contributed by atoms with Crippen molar-refractivity contribution < 1.29 is 9.53 Å². The average molecular weight is 154 g/mol. The van der Waals surface area contributed by atoms with E-state index in [0.717, 1.165) is 0 Å². The van der Waals surface area contributed by atoms with Gasteiger partial charge in [0, 0.05) is 13.1 Å². The quantitative estimate of drug-likeness (QED) is 0.555. The fraction of sp³-hybridized carbons (Fsp3) is 0.714. The summed E-state index contributed by atoms with van der Waals surface area (Å²) in [6.45, 7) is 3.22. The van der Waals surface area contributed by atoms with Gasteiger partial charge in [-0.2, -0.15) is 5.26 Å². The van der Waals surface area contributed by atoms with Gasteiger partial charge in [-0.3, -0.25) is 0 Å². The van der Waals surface area contributed by atoms with Crippen molar-refractivity contribution in [2.45, 2.75) is 6.92 Å². The van der Waals surface area contributed by atoms with Gasteiger partial charge in [0.1, 0.15) is 6.61 Å². The Morgan fingerprint density at radius 2 is 2.64 bits per heavy atom. The lowest BCUT2D eigenvalue weighted by Gasteiger charge is -2.27. The molecule has 4 nitrogen and oxygen atoms in total. The summed E-state index contributed by atoms with van der Waals surface area (Å²) >= 11 is 0. The van der Waals surface area contributed by atoms with E-state index in [9.17, 15) is 4.79 Å². The molecule has 0 saturated carbocycles. The minimum Gasteiger partial charge on any atom is -0.448 e. The molecule has 1 rings (SSSR count). The van der Waals surface area contributed by atoms with Gasteiger partial charge in [0.2, 0.25) is 0 Å². The Kier molecular flexibility index (Phi) is 2.32. The highest BCUT2D eigenvalue weighted by Crippen LogP contribution is 2.09. The summed E-state index contributed by atoms with van der Waals surface area (Å²) in [7, 11) is 0. The second-order valence-electron chi connectivity index (χ2n) is 2.44. The summed E-state index contributed by atoms with van der Waals surface area (Å²) in [4.78, 5) is 12.4. The first kappa shape index (κ1) is 7.86. The standard InChI is InChI=1S/C7H10N2O2/c1-2-9-4-6(3-8)5-11-7(9)10/h6H,2,4-5H2,1H3. The summed E-state index contributed by atoms with van der Waals surface area (Å²) in [6, 6.07) is 2.07. The Labute approximate surface area is 65.4 Å². The van der Waals surface area contributed by atoms with E-state index >= 15 is 0 Å². The zero-order valence-electron chi connectivity index (χ0n) is 6.41. The molecule has 1 amide bonds. The zero-order chi connectivity index (χ0) is 8.27. The molecule has 0 aromatic heterocycles. The predicted molar refractivity (Wildman–Crippen MR) is 37.7 cm³/mol. The van der Waals surface area contributed by atoms with Gasteiger partial charge >= 0.3 is 6.09 Å². The average Bonchev–Trinajstić information content (AvgIpc) is 2.05. The molecule has 1 fully saturated rings. The van der Waals surface area contributed by atoms with Crippen LogP contribution in [0.15, 0.2) is 0 Å². The summed E-state index contributed by atoms with van der Waals surface area (Å²) in [5, 5.41) is 8.52. The molecule has 0 bridgehead atoms. The van der Waals surface area contributed by atoms with Crippen LogP contribution in [-0.4, -0.2) is 30.7 Å². The third-order valence-corrected chi connectivity index (χ3v) is 1.67. The smallest absolute Gasteiger partial charge is 0.409 e. The molecule has 60 valence electrons. The van der Waals surface area contributed by atoms with Gasteiger partial charge in [-0.1, -0.05) is 0 Å². The number of nitriles is 1. The largest absolute Gasteiger partial charge is 0.448 e. The third-order valence-electron chi connectivity index (χ3n) is 1.67. The number of carbonyl (C=O) groups excluding carboxylic acids is 1. The summed E-state index contributed by atoms with van der Waals surface area (Å²) < 4.78 is 4.75. The Morgan fingerprint density at radius 3 is 3.18 bits per heavy atom. The van der Waals surface area contributed by atoms with E-state index in [1.807, 2.05) is 6.92 Å². The molecule has 1 unspecified atom stereocenters. The number of nitrogens with zero attached hydrogens (tertiary/aromatic N) is 2. The SMILES string of the molecule is CCN1CC(C#N)COC1=O. The van der Waals surface area contributed by atoms with Gasteiger partial charge in [-0.05, 0) is 6.92 Å². The van der Waals surface area contributed by atoms with Crippen molar-refractivity contribution >= 4 is 6.09 Å². The van der Waals surface area contributed by atoms with Crippen LogP contribution in [0.4, 0.5) is 4.79 Å². The van der Waals surface area contributed by atoms with Crippen molar-refractivity contribution in [2.24, 2.45) is 5.92 Å². The van der Waals surface area contributed by atoms with Crippen LogP contribution < -0.4 is 0 Å². The van der Waals surface area contributed by atoms with Crippen LogP contribution in [0.25, 0.3) is 0 Å². The number of hydrogen-bond donors (Lipinski definition) is 0. The number of ether oxygens (including phenoxy) is 1. The van der Waals surface area contributed by atoms with Crippen LogP contribution >= 0.6 is 0 Å². The highest BCUT2D eigenvalue weighted by Gasteiger charge is 2.25. The second kappa shape index (κ2) is 3.24. The molecule has 11 heavy (non-hydrogen) atoms. The van der Waals surface area contributed by atoms with Crippen LogP contribution in [0.5, 0.6) is 0 Å². The first-order valence-electron chi connectivity index (χ1n) is 3.59. The highest BCUT2D eigenvalue weighted by molar-refractivity contribution is 5.68. The minimum absolute atomic E-state index is 0.160. The van der Waals surface area contributed by atoms with Gasteiger partial charge < -0.3 is 9.64 Å². The Bertz CT molecular complexity index is 197. The van der Waals surface area contributed by atoms with Crippen LogP contribution in [0, 0.1) is 17.2 Å². The lowest BCUT2D eigenvalue weighted by molar-refractivity contribution is 0.0588. The van der Waals surface area contributed by atoms with E-state index in [0.29, 0.717) is 13.1 Å². The van der Waals surface area contributed by atoms with Gasteiger partial charge in [0.15, 0.2) is 0 Å². The summed E-state index contributed by atoms with van der Waals surface area (Å²) in [5.74, 6) is -0.160. The molecule has 0 aromatic rings. The van der Waals surface area contributed by atoms with E-state index in [-0.39, 0.29) is 18.6 Å². The van der Waals surface area contributed by atoms with Gasteiger partial charge in [0.25, 0.3) is 0 Å². The maximum absolute atomic E-state index is 10.9. The molecule has 4 heteroatoms. The number of hydrogen-bond acceptors (Lipinski definition) is 3. The van der Waals surface area contributed by atoms with Crippen LogP contribution in [0.3, 0.4) is 0 Å². The van der Waals surface area contributed by atoms with Crippen LogP contribution in [-0.2, 0) is 4.74 Å². The first-order valence-corrected chi connectivity index (χ1v) is 3.59. The number of rotatable bonds is 1. The highest BCUT2D eigenvalue weighted by atomic mass is 16.6. The van der Waals surface area contributed by atoms with Crippen LogP contribution in [0.2, 0.25) is 0 Å². The van der Waals surface area contributed by atoms with E-state index in [2.05, 4.69) is 6.07 Å². The maximum Gasteiger partial charge on any atom is 0.409 e. The lowest BCUT2D eigenvalue weighted by atomic mass is 10.1. The van der Waals surface area contributed by atoms with Crippen molar-refractivity contribution in [1.29, 1.82) is 5.26 Å². The molecule has 0 radical (unpaired) electrons. The fourth-order valence-corrected chi connectivity index (χ4v) is 0.993. The number of carbonyl (C=O) groups is 1. The van der Waals surface area contributed by atoms with Crippen molar-refractivity contribution in [3.63, 3.8) is 0 Å². The van der Waals surface area contributed by atoms with E-state index < -0.39 is 0 Å². The lowest BCUT2D eigenvalue weighted by Crippen LogP contribution is -2.42. The van der Waals surface area contributed by atoms with Crippen molar-refractivity contribution in [1.82, 2.24) is 4.90 Å². The van der Waals surface area contributed by atoms with Gasteiger partial charge in [-0.25, -0.2) is 4.79 Å². The molecule has 1 heterocycles. The topological polar surface area (TPSA) is 53.3 Å². The molecule has 0 aliphatic carbocycles. The maximum atomic E-state index is 10.9. The monoisotopic (exact) mass is 154 g/mol.